The zero-order valence-electron chi connectivity index (χ0n) is 9.44. The van der Waals surface area contributed by atoms with Gasteiger partial charge in [-0.25, -0.2) is 0 Å². The van der Waals surface area contributed by atoms with Crippen molar-refractivity contribution in [2.24, 2.45) is 0 Å². The smallest absolute Gasteiger partial charge is 0.251 e. The van der Waals surface area contributed by atoms with Gasteiger partial charge in [-0.3, -0.25) is 4.79 Å². The van der Waals surface area contributed by atoms with E-state index in [2.05, 4.69) is 10.6 Å². The van der Waals surface area contributed by atoms with Crippen LogP contribution in [-0.2, 0) is 0 Å². The van der Waals surface area contributed by atoms with Crippen LogP contribution >= 0.6 is 0 Å². The Morgan fingerprint density at radius 3 is 2.82 bits per heavy atom. The predicted molar refractivity (Wildman–Crippen MR) is 63.1 cm³/mol. The van der Waals surface area contributed by atoms with Crippen LogP contribution in [0.1, 0.15) is 23.2 Å². The van der Waals surface area contributed by atoms with Gasteiger partial charge >= 0.3 is 0 Å². The van der Waals surface area contributed by atoms with Gasteiger partial charge in [-0.1, -0.05) is 0 Å². The van der Waals surface area contributed by atoms with Crippen molar-refractivity contribution in [3.63, 3.8) is 0 Å². The molecule has 17 heavy (non-hydrogen) atoms. The number of hydrogen-bond donors (Lipinski definition) is 4. The topological polar surface area (TPSA) is 81.6 Å². The third-order valence-electron chi connectivity index (χ3n) is 2.87. The Balaban J connectivity index is 2.01. The highest BCUT2D eigenvalue weighted by atomic mass is 16.3. The van der Waals surface area contributed by atoms with Crippen molar-refractivity contribution in [3.8, 4) is 11.5 Å². The quantitative estimate of drug-likeness (QED) is 0.566. The Kier molecular flexibility index (Phi) is 3.49. The molecule has 1 aromatic carbocycles. The monoisotopic (exact) mass is 236 g/mol. The molecule has 0 aliphatic carbocycles. The van der Waals surface area contributed by atoms with Crippen LogP contribution in [0.5, 0.6) is 11.5 Å². The molecule has 0 saturated carbocycles. The standard InChI is InChI=1S/C12H16N2O3/c15-10-4-3-8(6-11(10)16)12(17)14-9-2-1-5-13-7-9/h3-4,6,9,13,15-16H,1-2,5,7H2,(H,14,17)/t9-/m1/s1. The molecular weight excluding hydrogens is 220 g/mol. The number of phenolic OH excluding ortho intramolecular Hbond substituents is 2. The lowest BCUT2D eigenvalue weighted by Gasteiger charge is -2.23. The fourth-order valence-corrected chi connectivity index (χ4v) is 1.91. The third-order valence-corrected chi connectivity index (χ3v) is 2.87. The summed E-state index contributed by atoms with van der Waals surface area (Å²) < 4.78 is 0. The van der Waals surface area contributed by atoms with Crippen LogP contribution in [0, 0.1) is 0 Å². The Bertz CT molecular complexity index is 414. The van der Waals surface area contributed by atoms with E-state index in [1.54, 1.807) is 0 Å². The molecule has 0 aromatic heterocycles. The molecule has 0 radical (unpaired) electrons. The summed E-state index contributed by atoms with van der Waals surface area (Å²) in [7, 11) is 0. The maximum Gasteiger partial charge on any atom is 0.251 e. The van der Waals surface area contributed by atoms with E-state index >= 15 is 0 Å². The van der Waals surface area contributed by atoms with Gasteiger partial charge in [0.25, 0.3) is 5.91 Å². The number of rotatable bonds is 2. The number of amides is 1. The van der Waals surface area contributed by atoms with E-state index in [0.717, 1.165) is 25.9 Å². The average Bonchev–Trinajstić information content (AvgIpc) is 2.34. The first-order chi connectivity index (χ1) is 8.16. The lowest BCUT2D eigenvalue weighted by Crippen LogP contribution is -2.45. The lowest BCUT2D eigenvalue weighted by atomic mass is 10.1. The summed E-state index contributed by atoms with van der Waals surface area (Å²) in [5.41, 5.74) is 0.353. The molecule has 1 heterocycles. The summed E-state index contributed by atoms with van der Waals surface area (Å²) in [6.07, 6.45) is 2.01. The van der Waals surface area contributed by atoms with Gasteiger partial charge in [-0.2, -0.15) is 0 Å². The number of piperidine rings is 1. The molecule has 1 aliphatic rings. The molecule has 0 bridgehead atoms. The Hall–Kier alpha value is -1.75. The minimum Gasteiger partial charge on any atom is -0.504 e. The molecule has 1 fully saturated rings. The maximum atomic E-state index is 11.8. The van der Waals surface area contributed by atoms with E-state index in [4.69, 9.17) is 5.11 Å². The van der Waals surface area contributed by atoms with Crippen LogP contribution in [0.15, 0.2) is 18.2 Å². The van der Waals surface area contributed by atoms with Crippen LogP contribution in [0.2, 0.25) is 0 Å². The van der Waals surface area contributed by atoms with E-state index in [0.29, 0.717) is 5.56 Å². The van der Waals surface area contributed by atoms with Crippen LogP contribution in [0.4, 0.5) is 0 Å². The van der Waals surface area contributed by atoms with Gasteiger partial charge in [0.05, 0.1) is 0 Å². The summed E-state index contributed by atoms with van der Waals surface area (Å²) in [5.74, 6) is -0.727. The van der Waals surface area contributed by atoms with E-state index in [-0.39, 0.29) is 23.4 Å². The summed E-state index contributed by atoms with van der Waals surface area (Å²) in [4.78, 5) is 11.8. The number of phenols is 2. The Morgan fingerprint density at radius 2 is 2.18 bits per heavy atom. The minimum atomic E-state index is -0.278. The lowest BCUT2D eigenvalue weighted by molar-refractivity contribution is 0.0930. The van der Waals surface area contributed by atoms with Crippen LogP contribution in [0.3, 0.4) is 0 Å². The van der Waals surface area contributed by atoms with E-state index in [1.165, 1.54) is 18.2 Å². The van der Waals surface area contributed by atoms with Crippen molar-refractivity contribution in [1.82, 2.24) is 10.6 Å². The summed E-state index contributed by atoms with van der Waals surface area (Å²) >= 11 is 0. The molecule has 2 rings (SSSR count). The van der Waals surface area contributed by atoms with Crippen molar-refractivity contribution in [2.45, 2.75) is 18.9 Å². The van der Waals surface area contributed by atoms with Crippen molar-refractivity contribution in [1.29, 1.82) is 0 Å². The molecule has 92 valence electrons. The second-order valence-corrected chi connectivity index (χ2v) is 4.22. The second-order valence-electron chi connectivity index (χ2n) is 4.22. The first-order valence-corrected chi connectivity index (χ1v) is 5.70. The number of hydrogen-bond acceptors (Lipinski definition) is 4. The van der Waals surface area contributed by atoms with Gasteiger partial charge < -0.3 is 20.8 Å². The highest BCUT2D eigenvalue weighted by Crippen LogP contribution is 2.24. The zero-order valence-corrected chi connectivity index (χ0v) is 9.44. The van der Waals surface area contributed by atoms with Gasteiger partial charge in [0.2, 0.25) is 0 Å². The Labute approximate surface area is 99.5 Å². The fourth-order valence-electron chi connectivity index (χ4n) is 1.91. The molecule has 1 atom stereocenters. The predicted octanol–water partition coefficient (Wildman–Crippen LogP) is 0.580. The van der Waals surface area contributed by atoms with Gasteiger partial charge in [-0.15, -0.1) is 0 Å². The first kappa shape index (κ1) is 11.7. The number of benzene rings is 1. The van der Waals surface area contributed by atoms with Crippen LogP contribution < -0.4 is 10.6 Å². The molecule has 4 N–H and O–H groups in total. The molecule has 5 nitrogen and oxygen atoms in total. The number of carbonyl (C=O) groups excluding carboxylic acids is 1. The third kappa shape index (κ3) is 2.88. The van der Waals surface area contributed by atoms with Gasteiger partial charge in [0.1, 0.15) is 0 Å². The van der Waals surface area contributed by atoms with Gasteiger partial charge in [-0.05, 0) is 37.6 Å². The number of nitrogens with one attached hydrogen (secondary N) is 2. The van der Waals surface area contributed by atoms with E-state index in [1.807, 2.05) is 0 Å². The Morgan fingerprint density at radius 1 is 1.35 bits per heavy atom. The molecule has 1 amide bonds. The second kappa shape index (κ2) is 5.05. The largest absolute Gasteiger partial charge is 0.504 e. The van der Waals surface area contributed by atoms with E-state index in [9.17, 15) is 9.90 Å². The van der Waals surface area contributed by atoms with E-state index < -0.39 is 0 Å². The summed E-state index contributed by atoms with van der Waals surface area (Å²) in [5, 5.41) is 24.6. The highest BCUT2D eigenvalue weighted by Gasteiger charge is 2.16. The molecule has 1 aliphatic heterocycles. The minimum absolute atomic E-state index is 0.132. The first-order valence-electron chi connectivity index (χ1n) is 5.70. The van der Waals surface area contributed by atoms with Gasteiger partial charge in [0, 0.05) is 18.2 Å². The zero-order chi connectivity index (χ0) is 12.3. The number of aromatic hydroxyl groups is 2. The molecule has 1 saturated heterocycles. The van der Waals surface area contributed by atoms with Gasteiger partial charge in [0.15, 0.2) is 11.5 Å². The van der Waals surface area contributed by atoms with Crippen LogP contribution in [0.25, 0.3) is 0 Å². The fraction of sp³-hybridized carbons (Fsp3) is 0.417. The van der Waals surface area contributed by atoms with Crippen LogP contribution in [-0.4, -0.2) is 35.3 Å². The maximum absolute atomic E-state index is 11.8. The SMILES string of the molecule is O=C(N[C@@H]1CCCNC1)c1ccc(O)c(O)c1. The molecular formula is C12H16N2O3. The van der Waals surface area contributed by atoms with Crippen molar-refractivity contribution in [3.05, 3.63) is 23.8 Å². The molecule has 0 unspecified atom stereocenters. The highest BCUT2D eigenvalue weighted by molar-refractivity contribution is 5.95. The number of carbonyl (C=O) groups is 1. The molecule has 5 heteroatoms. The normalized spacial score (nSPS) is 19.9. The van der Waals surface area contributed by atoms with Crippen molar-refractivity contribution >= 4 is 5.91 Å². The molecule has 0 spiro atoms. The van der Waals surface area contributed by atoms with Crippen molar-refractivity contribution < 1.29 is 15.0 Å². The van der Waals surface area contributed by atoms with Crippen molar-refractivity contribution in [2.75, 3.05) is 13.1 Å². The summed E-state index contributed by atoms with van der Waals surface area (Å²) in [6.45, 7) is 1.77. The molecule has 1 aromatic rings. The summed E-state index contributed by atoms with van der Waals surface area (Å²) in [6, 6.07) is 4.19. The average molecular weight is 236 g/mol.